The van der Waals surface area contributed by atoms with E-state index in [1.54, 1.807) is 13.3 Å². The maximum atomic E-state index is 5.99. The van der Waals surface area contributed by atoms with Crippen LogP contribution in [0.4, 0.5) is 11.4 Å². The minimum absolute atomic E-state index is 0.0619. The maximum Gasteiger partial charge on any atom is 0.216 e. The molecule has 1 atom stereocenters. The molecule has 0 bridgehead atoms. The number of hydrogen-bond donors (Lipinski definition) is 2. The van der Waals surface area contributed by atoms with Gasteiger partial charge in [0.1, 0.15) is 17.6 Å². The van der Waals surface area contributed by atoms with Crippen LogP contribution in [0.15, 0.2) is 28.8 Å². The highest BCUT2D eigenvalue weighted by atomic mass is 16.5. The quantitative estimate of drug-likeness (QED) is 0.813. The van der Waals surface area contributed by atoms with Gasteiger partial charge in [-0.25, -0.2) is 4.98 Å². The van der Waals surface area contributed by atoms with Crippen molar-refractivity contribution in [3.8, 4) is 5.75 Å². The second-order valence-electron chi connectivity index (χ2n) is 4.10. The number of ether oxygens (including phenoxy) is 1. The van der Waals surface area contributed by atoms with E-state index in [1.807, 2.05) is 32.0 Å². The average molecular weight is 247 g/mol. The zero-order valence-electron chi connectivity index (χ0n) is 10.7. The highest BCUT2D eigenvalue weighted by molar-refractivity contribution is 5.73. The van der Waals surface area contributed by atoms with Crippen molar-refractivity contribution >= 4 is 11.4 Å². The number of nitrogens with two attached hydrogens (primary N) is 1. The summed E-state index contributed by atoms with van der Waals surface area (Å²) < 4.78 is 10.6. The number of benzene rings is 1. The third kappa shape index (κ3) is 2.40. The Morgan fingerprint density at radius 2 is 2.22 bits per heavy atom. The van der Waals surface area contributed by atoms with Crippen molar-refractivity contribution in [1.29, 1.82) is 0 Å². The number of para-hydroxylation sites is 1. The van der Waals surface area contributed by atoms with Gasteiger partial charge in [0.15, 0.2) is 0 Å². The number of methoxy groups -OCH3 is 1. The summed E-state index contributed by atoms with van der Waals surface area (Å²) in [5.74, 6) is 2.07. The van der Waals surface area contributed by atoms with Crippen molar-refractivity contribution in [1.82, 2.24) is 4.98 Å². The van der Waals surface area contributed by atoms with Crippen LogP contribution in [0.25, 0.3) is 0 Å². The van der Waals surface area contributed by atoms with Crippen molar-refractivity contribution in [3.05, 3.63) is 36.0 Å². The molecule has 1 aromatic carbocycles. The van der Waals surface area contributed by atoms with Crippen LogP contribution >= 0.6 is 0 Å². The Balaban J connectivity index is 2.19. The molecule has 1 aromatic heterocycles. The zero-order chi connectivity index (χ0) is 13.1. The molecule has 5 nitrogen and oxygen atoms in total. The monoisotopic (exact) mass is 247 g/mol. The fourth-order valence-corrected chi connectivity index (χ4v) is 1.72. The zero-order valence-corrected chi connectivity index (χ0v) is 10.7. The number of nitrogens with zero attached hydrogens (tertiary/aromatic N) is 1. The van der Waals surface area contributed by atoms with Crippen LogP contribution in [-0.4, -0.2) is 12.1 Å². The van der Waals surface area contributed by atoms with Gasteiger partial charge in [-0.05, 0) is 26.0 Å². The fourth-order valence-electron chi connectivity index (χ4n) is 1.72. The van der Waals surface area contributed by atoms with Crippen LogP contribution in [0, 0.1) is 6.92 Å². The molecular formula is C13H17N3O2. The molecule has 0 aliphatic carbocycles. The Labute approximate surface area is 106 Å². The van der Waals surface area contributed by atoms with Crippen LogP contribution in [0.2, 0.25) is 0 Å². The minimum atomic E-state index is -0.0619. The van der Waals surface area contributed by atoms with Gasteiger partial charge in [-0.15, -0.1) is 0 Å². The van der Waals surface area contributed by atoms with Crippen molar-refractivity contribution < 1.29 is 9.15 Å². The molecule has 0 saturated heterocycles. The third-order valence-electron chi connectivity index (χ3n) is 2.67. The predicted molar refractivity (Wildman–Crippen MR) is 70.7 cm³/mol. The number of aromatic nitrogens is 1. The number of oxazole rings is 1. The van der Waals surface area contributed by atoms with Gasteiger partial charge in [-0.3, -0.25) is 0 Å². The SMILES string of the molecule is COc1cccc(NC(C)c2ncc(C)o2)c1N. The normalized spacial score (nSPS) is 12.2. The molecule has 0 fully saturated rings. The second kappa shape index (κ2) is 5.00. The van der Waals surface area contributed by atoms with E-state index in [2.05, 4.69) is 10.3 Å². The lowest BCUT2D eigenvalue weighted by Gasteiger charge is -2.15. The van der Waals surface area contributed by atoms with E-state index in [1.165, 1.54) is 0 Å². The van der Waals surface area contributed by atoms with Gasteiger partial charge in [0, 0.05) is 0 Å². The van der Waals surface area contributed by atoms with Crippen molar-refractivity contribution in [2.24, 2.45) is 0 Å². The summed E-state index contributed by atoms with van der Waals surface area (Å²) in [4.78, 5) is 4.18. The highest BCUT2D eigenvalue weighted by Crippen LogP contribution is 2.31. The molecule has 2 rings (SSSR count). The van der Waals surface area contributed by atoms with E-state index >= 15 is 0 Å². The molecule has 1 unspecified atom stereocenters. The lowest BCUT2D eigenvalue weighted by Crippen LogP contribution is -2.09. The standard InChI is InChI=1S/C13H17N3O2/c1-8-7-15-13(18-8)9(2)16-10-5-4-6-11(17-3)12(10)14/h4-7,9,16H,14H2,1-3H3. The van der Waals surface area contributed by atoms with Gasteiger partial charge in [0.05, 0.1) is 24.7 Å². The van der Waals surface area contributed by atoms with E-state index in [-0.39, 0.29) is 6.04 Å². The highest BCUT2D eigenvalue weighted by Gasteiger charge is 2.13. The molecule has 3 N–H and O–H groups in total. The van der Waals surface area contributed by atoms with Gasteiger partial charge >= 0.3 is 0 Å². The minimum Gasteiger partial charge on any atom is -0.495 e. The topological polar surface area (TPSA) is 73.3 Å². The Bertz CT molecular complexity index is 537. The van der Waals surface area contributed by atoms with E-state index in [0.717, 1.165) is 11.4 Å². The van der Waals surface area contributed by atoms with Crippen LogP contribution < -0.4 is 15.8 Å². The predicted octanol–water partition coefficient (Wildman–Crippen LogP) is 2.75. The number of nitrogens with one attached hydrogen (secondary N) is 1. The average Bonchev–Trinajstić information content (AvgIpc) is 2.78. The molecule has 96 valence electrons. The molecule has 0 saturated carbocycles. The van der Waals surface area contributed by atoms with Gasteiger partial charge < -0.3 is 20.2 Å². The van der Waals surface area contributed by atoms with E-state index in [0.29, 0.717) is 17.3 Å². The first-order chi connectivity index (χ1) is 8.61. The molecule has 2 aromatic rings. The summed E-state index contributed by atoms with van der Waals surface area (Å²) in [6, 6.07) is 5.53. The first-order valence-corrected chi connectivity index (χ1v) is 5.73. The Morgan fingerprint density at radius 3 is 2.83 bits per heavy atom. The van der Waals surface area contributed by atoms with Gasteiger partial charge in [0.25, 0.3) is 0 Å². The number of aryl methyl sites for hydroxylation is 1. The van der Waals surface area contributed by atoms with E-state index in [9.17, 15) is 0 Å². The smallest absolute Gasteiger partial charge is 0.216 e. The molecule has 5 heteroatoms. The number of rotatable bonds is 4. The van der Waals surface area contributed by atoms with Gasteiger partial charge in [0.2, 0.25) is 5.89 Å². The summed E-state index contributed by atoms with van der Waals surface area (Å²) in [6.07, 6.45) is 1.70. The van der Waals surface area contributed by atoms with Crippen molar-refractivity contribution in [2.75, 3.05) is 18.2 Å². The summed E-state index contributed by atoms with van der Waals surface area (Å²) in [5.41, 5.74) is 7.37. The maximum absolute atomic E-state index is 5.99. The molecular weight excluding hydrogens is 230 g/mol. The fraction of sp³-hybridized carbons (Fsp3) is 0.308. The van der Waals surface area contributed by atoms with Crippen molar-refractivity contribution in [3.63, 3.8) is 0 Å². The number of nitrogen functional groups attached to an aromatic ring is 1. The van der Waals surface area contributed by atoms with E-state index in [4.69, 9.17) is 14.9 Å². The van der Waals surface area contributed by atoms with Crippen LogP contribution in [0.3, 0.4) is 0 Å². The van der Waals surface area contributed by atoms with Gasteiger partial charge in [-0.1, -0.05) is 6.07 Å². The molecule has 1 heterocycles. The van der Waals surface area contributed by atoms with Crippen LogP contribution in [0.1, 0.15) is 24.6 Å². The first kappa shape index (κ1) is 12.3. The lowest BCUT2D eigenvalue weighted by molar-refractivity contribution is 0.417. The number of hydrogen-bond acceptors (Lipinski definition) is 5. The molecule has 18 heavy (non-hydrogen) atoms. The summed E-state index contributed by atoms with van der Waals surface area (Å²) in [5, 5.41) is 3.25. The van der Waals surface area contributed by atoms with Crippen LogP contribution in [-0.2, 0) is 0 Å². The summed E-state index contributed by atoms with van der Waals surface area (Å²) >= 11 is 0. The Hall–Kier alpha value is -2.17. The molecule has 0 spiro atoms. The number of anilines is 2. The third-order valence-corrected chi connectivity index (χ3v) is 2.67. The molecule has 0 aliphatic heterocycles. The largest absolute Gasteiger partial charge is 0.495 e. The molecule has 0 aliphatic rings. The molecule has 0 amide bonds. The summed E-state index contributed by atoms with van der Waals surface area (Å²) in [7, 11) is 1.59. The second-order valence-corrected chi connectivity index (χ2v) is 4.10. The lowest BCUT2D eigenvalue weighted by atomic mass is 10.2. The van der Waals surface area contributed by atoms with Crippen molar-refractivity contribution in [2.45, 2.75) is 19.9 Å². The Kier molecular flexibility index (Phi) is 3.41. The van der Waals surface area contributed by atoms with Crippen LogP contribution in [0.5, 0.6) is 5.75 Å². The summed E-state index contributed by atoms with van der Waals surface area (Å²) in [6.45, 7) is 3.83. The molecule has 0 radical (unpaired) electrons. The first-order valence-electron chi connectivity index (χ1n) is 5.73. The van der Waals surface area contributed by atoms with Gasteiger partial charge in [-0.2, -0.15) is 0 Å². The van der Waals surface area contributed by atoms with E-state index < -0.39 is 0 Å². The Morgan fingerprint density at radius 1 is 1.44 bits per heavy atom.